The number of hydrogen-bond donors (Lipinski definition) is 0. The Morgan fingerprint density at radius 2 is 0.850 bits per heavy atom. The van der Waals surface area contributed by atoms with E-state index in [9.17, 15) is 9.59 Å². The smallest absolute Gasteiger partial charge is 0.184 e. The minimum atomic E-state index is 0. The summed E-state index contributed by atoms with van der Waals surface area (Å²) < 4.78 is 0. The van der Waals surface area contributed by atoms with Gasteiger partial charge in [0.15, 0.2) is 11.6 Å². The lowest BCUT2D eigenvalue weighted by Crippen LogP contribution is -1.97. The van der Waals surface area contributed by atoms with Gasteiger partial charge in [0, 0.05) is 11.1 Å². The third-order valence-corrected chi connectivity index (χ3v) is 4.65. The lowest BCUT2D eigenvalue weighted by atomic mass is 9.94. The van der Waals surface area contributed by atoms with E-state index in [1.807, 2.05) is 41.5 Å². The van der Waals surface area contributed by atoms with Gasteiger partial charge in [0.25, 0.3) is 0 Å². The summed E-state index contributed by atoms with van der Waals surface area (Å²) in [4.78, 5) is 24.0. The molecule has 0 unspecified atom stereocenters. The quantitative estimate of drug-likeness (QED) is 0.742. The van der Waals surface area contributed by atoms with Crippen LogP contribution in [0.4, 0.5) is 0 Å². The third kappa shape index (κ3) is 2.13. The fourth-order valence-corrected chi connectivity index (χ4v) is 2.90. The van der Waals surface area contributed by atoms with Crippen molar-refractivity contribution >= 4 is 11.6 Å². The Kier molecular flexibility index (Phi) is 4.38. The normalized spacial score (nSPS) is 19.7. The van der Waals surface area contributed by atoms with E-state index >= 15 is 0 Å². The highest BCUT2D eigenvalue weighted by molar-refractivity contribution is 6.14. The first kappa shape index (κ1) is 16.4. The molecule has 0 bridgehead atoms. The Hall–Kier alpha value is -1.70. The van der Waals surface area contributed by atoms with E-state index in [2.05, 4.69) is 0 Å². The Morgan fingerprint density at radius 1 is 0.550 bits per heavy atom. The van der Waals surface area contributed by atoms with E-state index in [4.69, 9.17) is 0 Å². The summed E-state index contributed by atoms with van der Waals surface area (Å²) in [6.45, 7) is 11.5. The van der Waals surface area contributed by atoms with Crippen molar-refractivity contribution in [1.29, 1.82) is 0 Å². The molecule has 0 aromatic rings. The first-order valence-corrected chi connectivity index (χ1v) is 6.62. The fourth-order valence-electron chi connectivity index (χ4n) is 2.90. The zero-order chi connectivity index (χ0) is 14.5. The Bertz CT molecular complexity index is 578. The molecule has 0 aliphatic heterocycles. The minimum Gasteiger partial charge on any atom is -0.289 e. The number of carbonyl (C=O) groups excluding carboxylic acids is 2. The molecule has 2 nitrogen and oxygen atoms in total. The number of ketones is 2. The zero-order valence-electron chi connectivity index (χ0n) is 12.5. The predicted molar refractivity (Wildman–Crippen MR) is 83.5 cm³/mol. The van der Waals surface area contributed by atoms with Crippen LogP contribution in [0, 0.1) is 0 Å². The second kappa shape index (κ2) is 5.35. The number of Topliss-reactive ketones (excluding diaryl/α,β-unsaturated/α-hetero) is 2. The van der Waals surface area contributed by atoms with Gasteiger partial charge in [0.1, 0.15) is 0 Å². The molecule has 0 radical (unpaired) electrons. The lowest BCUT2D eigenvalue weighted by molar-refractivity contribution is -0.112. The number of hydrogen-bond acceptors (Lipinski definition) is 2. The number of rotatable bonds is 2. The van der Waals surface area contributed by atoms with Crippen LogP contribution in [0.2, 0.25) is 0 Å². The van der Waals surface area contributed by atoms with E-state index in [-0.39, 0.29) is 19.0 Å². The molecule has 0 atom stereocenters. The van der Waals surface area contributed by atoms with Gasteiger partial charge < -0.3 is 0 Å². The largest absolute Gasteiger partial charge is 0.289 e. The summed E-state index contributed by atoms with van der Waals surface area (Å²) in [6, 6.07) is 0. The van der Waals surface area contributed by atoms with Crippen LogP contribution in [0.1, 0.15) is 55.4 Å². The van der Waals surface area contributed by atoms with Gasteiger partial charge in [-0.3, -0.25) is 9.59 Å². The molecule has 0 spiro atoms. The van der Waals surface area contributed by atoms with Gasteiger partial charge >= 0.3 is 0 Å². The molecule has 0 aromatic carbocycles. The van der Waals surface area contributed by atoms with Gasteiger partial charge in [-0.05, 0) is 81.4 Å². The first-order chi connectivity index (χ1) is 8.77. The lowest BCUT2D eigenvalue weighted by Gasteiger charge is -2.10. The average molecular weight is 272 g/mol. The molecular formula is C18H24O2. The molecule has 2 rings (SSSR count). The molecule has 108 valence electrons. The molecule has 0 amide bonds. The number of carbonyl (C=O) groups is 2. The topological polar surface area (TPSA) is 34.1 Å². The van der Waals surface area contributed by atoms with Crippen molar-refractivity contribution < 1.29 is 9.59 Å². The average Bonchev–Trinajstić information content (AvgIpc) is 2.68. The molecule has 2 aliphatic rings. The molecule has 0 aromatic heterocycles. The summed E-state index contributed by atoms with van der Waals surface area (Å²) in [6.07, 6.45) is 0.696. The summed E-state index contributed by atoms with van der Waals surface area (Å²) in [7, 11) is 0. The van der Waals surface area contributed by atoms with Gasteiger partial charge in [0.05, 0.1) is 0 Å². The molecule has 2 aliphatic carbocycles. The highest BCUT2D eigenvalue weighted by Gasteiger charge is 2.29. The van der Waals surface area contributed by atoms with E-state index in [1.54, 1.807) is 0 Å². The summed E-state index contributed by atoms with van der Waals surface area (Å²) in [5.74, 6) is 0.293. The fraction of sp³-hybridized carbons (Fsp3) is 0.444. The maximum atomic E-state index is 12.0. The molecule has 2 heteroatoms. The summed E-state index contributed by atoms with van der Waals surface area (Å²) >= 11 is 0. The second-order valence-electron chi connectivity index (χ2n) is 5.54. The van der Waals surface area contributed by atoms with Crippen molar-refractivity contribution in [2.75, 3.05) is 0 Å². The Balaban J connectivity index is 0.00000200. The Morgan fingerprint density at radius 3 is 1.05 bits per heavy atom. The van der Waals surface area contributed by atoms with Crippen LogP contribution < -0.4 is 0 Å². The van der Waals surface area contributed by atoms with Crippen LogP contribution >= 0.6 is 0 Å². The van der Waals surface area contributed by atoms with Crippen molar-refractivity contribution in [2.45, 2.75) is 55.4 Å². The van der Waals surface area contributed by atoms with Crippen LogP contribution in [0.25, 0.3) is 0 Å². The van der Waals surface area contributed by atoms with Crippen LogP contribution in [0.15, 0.2) is 44.6 Å². The molecule has 0 N–H and O–H groups in total. The Labute approximate surface area is 122 Å². The van der Waals surface area contributed by atoms with Crippen molar-refractivity contribution in [1.82, 2.24) is 0 Å². The first-order valence-electron chi connectivity index (χ1n) is 6.62. The monoisotopic (exact) mass is 272 g/mol. The van der Waals surface area contributed by atoms with Crippen molar-refractivity contribution in [3.05, 3.63) is 44.6 Å². The van der Waals surface area contributed by atoms with E-state index in [1.165, 1.54) is 0 Å². The van der Waals surface area contributed by atoms with Crippen molar-refractivity contribution in [3.8, 4) is 0 Å². The van der Waals surface area contributed by atoms with Crippen LogP contribution in [-0.4, -0.2) is 11.6 Å². The standard InChI is InChI=1S/C17H20O2.CH4/c1-8-10(3)16(18)12(5)14(8)7-15-9(2)11(4)17(19)13(15)6;/h7H2,1-6H3;1H4. The maximum absolute atomic E-state index is 12.0. The molecular weight excluding hydrogens is 248 g/mol. The molecule has 0 fully saturated rings. The minimum absolute atomic E-state index is 0. The zero-order valence-corrected chi connectivity index (χ0v) is 12.5. The molecule has 0 saturated heterocycles. The molecule has 20 heavy (non-hydrogen) atoms. The van der Waals surface area contributed by atoms with Gasteiger partial charge in [-0.2, -0.15) is 0 Å². The van der Waals surface area contributed by atoms with E-state index in [0.717, 1.165) is 44.6 Å². The molecule has 0 heterocycles. The number of allylic oxidation sites excluding steroid dienone is 8. The summed E-state index contributed by atoms with van der Waals surface area (Å²) in [5, 5.41) is 0. The maximum Gasteiger partial charge on any atom is 0.184 e. The van der Waals surface area contributed by atoms with Crippen LogP contribution in [0.3, 0.4) is 0 Å². The molecule has 0 saturated carbocycles. The predicted octanol–water partition coefficient (Wildman–Crippen LogP) is 4.48. The van der Waals surface area contributed by atoms with Crippen LogP contribution in [-0.2, 0) is 9.59 Å². The van der Waals surface area contributed by atoms with Gasteiger partial charge in [-0.25, -0.2) is 0 Å². The summed E-state index contributed by atoms with van der Waals surface area (Å²) in [5.41, 5.74) is 7.69. The van der Waals surface area contributed by atoms with Gasteiger partial charge in [0.2, 0.25) is 0 Å². The van der Waals surface area contributed by atoms with Gasteiger partial charge in [-0.15, -0.1) is 0 Å². The van der Waals surface area contributed by atoms with Crippen molar-refractivity contribution in [3.63, 3.8) is 0 Å². The van der Waals surface area contributed by atoms with E-state index in [0.29, 0.717) is 6.42 Å². The van der Waals surface area contributed by atoms with Gasteiger partial charge in [-0.1, -0.05) is 7.43 Å². The SMILES string of the molecule is C.CC1=C(C)C(CC2=C(C)C(=O)C(C)=C2C)=C(C)C1=O. The van der Waals surface area contributed by atoms with Crippen LogP contribution in [0.5, 0.6) is 0 Å². The van der Waals surface area contributed by atoms with E-state index < -0.39 is 0 Å². The highest BCUT2D eigenvalue weighted by atomic mass is 16.1. The highest BCUT2D eigenvalue weighted by Crippen LogP contribution is 2.39. The third-order valence-electron chi connectivity index (χ3n) is 4.65. The van der Waals surface area contributed by atoms with Crippen molar-refractivity contribution in [2.24, 2.45) is 0 Å². The second-order valence-corrected chi connectivity index (χ2v) is 5.54.